The van der Waals surface area contributed by atoms with Crippen LogP contribution in [-0.4, -0.2) is 13.0 Å². The van der Waals surface area contributed by atoms with Gasteiger partial charge in [0.15, 0.2) is 0 Å². The maximum absolute atomic E-state index is 12.2. The number of ether oxygens (including phenoxy) is 1. The lowest BCUT2D eigenvalue weighted by Gasteiger charge is -2.13. The molecule has 0 atom stereocenters. The minimum atomic E-state index is -0.206. The largest absolute Gasteiger partial charge is 0.497 e. The Labute approximate surface area is 118 Å². The summed E-state index contributed by atoms with van der Waals surface area (Å²) in [5.74, 6) is 0.439. The molecule has 0 aliphatic heterocycles. The van der Waals surface area contributed by atoms with Crippen LogP contribution in [0.15, 0.2) is 36.4 Å². The molecule has 0 bridgehead atoms. The molecule has 0 aromatic heterocycles. The van der Waals surface area contributed by atoms with E-state index in [-0.39, 0.29) is 5.91 Å². The molecule has 4 nitrogen and oxygen atoms in total. The van der Waals surface area contributed by atoms with Gasteiger partial charge in [-0.2, -0.15) is 0 Å². The third-order valence-electron chi connectivity index (χ3n) is 3.08. The number of rotatable bonds is 3. The lowest BCUT2D eigenvalue weighted by molar-refractivity contribution is 0.102. The van der Waals surface area contributed by atoms with Crippen LogP contribution in [0.4, 0.5) is 11.4 Å². The van der Waals surface area contributed by atoms with Crippen molar-refractivity contribution in [2.45, 2.75) is 13.8 Å². The molecule has 0 aliphatic rings. The molecule has 0 heterocycles. The Morgan fingerprint density at radius 2 is 1.95 bits per heavy atom. The van der Waals surface area contributed by atoms with Gasteiger partial charge in [-0.3, -0.25) is 4.79 Å². The summed E-state index contributed by atoms with van der Waals surface area (Å²) in [5.41, 5.74) is 9.73. The fraction of sp³-hybridized carbons (Fsp3) is 0.188. The van der Waals surface area contributed by atoms with Crippen molar-refractivity contribution < 1.29 is 9.53 Å². The van der Waals surface area contributed by atoms with E-state index in [1.165, 1.54) is 0 Å². The van der Waals surface area contributed by atoms with Gasteiger partial charge < -0.3 is 15.8 Å². The molecule has 0 saturated heterocycles. The molecular formula is C16H18N2O2. The molecular weight excluding hydrogens is 252 g/mol. The third kappa shape index (κ3) is 2.91. The highest BCUT2D eigenvalue weighted by Gasteiger charge is 2.11. The van der Waals surface area contributed by atoms with Gasteiger partial charge in [-0.1, -0.05) is 12.1 Å². The van der Waals surface area contributed by atoms with Crippen LogP contribution in [0.5, 0.6) is 5.75 Å². The smallest absolute Gasteiger partial charge is 0.255 e. The van der Waals surface area contributed by atoms with Gasteiger partial charge in [-0.15, -0.1) is 0 Å². The quantitative estimate of drug-likeness (QED) is 0.842. The molecule has 1 amide bonds. The fourth-order valence-corrected chi connectivity index (χ4v) is 2.12. The van der Waals surface area contributed by atoms with Crippen molar-refractivity contribution in [3.8, 4) is 5.75 Å². The average Bonchev–Trinajstić information content (AvgIpc) is 2.42. The second-order valence-corrected chi connectivity index (χ2v) is 4.73. The molecule has 2 rings (SSSR count). The summed E-state index contributed by atoms with van der Waals surface area (Å²) in [5, 5.41) is 2.85. The van der Waals surface area contributed by atoms with Crippen LogP contribution in [-0.2, 0) is 0 Å². The molecule has 2 aromatic carbocycles. The van der Waals surface area contributed by atoms with Gasteiger partial charge in [0, 0.05) is 5.56 Å². The molecule has 0 fully saturated rings. The van der Waals surface area contributed by atoms with Crippen LogP contribution in [0.2, 0.25) is 0 Å². The highest BCUT2D eigenvalue weighted by Crippen LogP contribution is 2.25. The van der Waals surface area contributed by atoms with E-state index in [1.807, 2.05) is 26.0 Å². The minimum absolute atomic E-state index is 0.206. The Morgan fingerprint density at radius 3 is 2.60 bits per heavy atom. The third-order valence-corrected chi connectivity index (χ3v) is 3.08. The molecule has 0 spiro atoms. The normalized spacial score (nSPS) is 10.2. The Kier molecular flexibility index (Phi) is 3.94. The second kappa shape index (κ2) is 5.65. The van der Waals surface area contributed by atoms with E-state index >= 15 is 0 Å². The van der Waals surface area contributed by atoms with Gasteiger partial charge in [-0.25, -0.2) is 0 Å². The molecule has 0 radical (unpaired) electrons. The standard InChI is InChI=1S/C16H18N2O2/c1-10-7-11(2)15(14(17)8-10)18-16(19)12-5-4-6-13(9-12)20-3/h4-9H,17H2,1-3H3,(H,18,19). The summed E-state index contributed by atoms with van der Waals surface area (Å²) in [6.07, 6.45) is 0. The van der Waals surface area contributed by atoms with Crippen molar-refractivity contribution in [1.82, 2.24) is 0 Å². The van der Waals surface area contributed by atoms with E-state index in [4.69, 9.17) is 10.5 Å². The Bertz CT molecular complexity index is 628. The summed E-state index contributed by atoms with van der Waals surface area (Å²) in [7, 11) is 1.57. The zero-order valence-electron chi connectivity index (χ0n) is 11.9. The number of hydrogen-bond acceptors (Lipinski definition) is 3. The number of nitrogens with two attached hydrogens (primary N) is 1. The second-order valence-electron chi connectivity index (χ2n) is 4.73. The van der Waals surface area contributed by atoms with Crippen molar-refractivity contribution >= 4 is 17.3 Å². The van der Waals surface area contributed by atoms with Crippen LogP contribution >= 0.6 is 0 Å². The van der Waals surface area contributed by atoms with Crippen LogP contribution in [0, 0.1) is 13.8 Å². The Hall–Kier alpha value is -2.49. The van der Waals surface area contributed by atoms with E-state index in [2.05, 4.69) is 5.32 Å². The molecule has 4 heteroatoms. The Balaban J connectivity index is 2.28. The number of benzene rings is 2. The first-order valence-electron chi connectivity index (χ1n) is 6.33. The minimum Gasteiger partial charge on any atom is -0.497 e. The number of anilines is 2. The first kappa shape index (κ1) is 13.9. The maximum Gasteiger partial charge on any atom is 0.255 e. The number of aryl methyl sites for hydroxylation is 2. The molecule has 20 heavy (non-hydrogen) atoms. The number of carbonyl (C=O) groups is 1. The number of amides is 1. The summed E-state index contributed by atoms with van der Waals surface area (Å²) in [6, 6.07) is 10.8. The van der Waals surface area contributed by atoms with Crippen molar-refractivity contribution in [1.29, 1.82) is 0 Å². The van der Waals surface area contributed by atoms with E-state index < -0.39 is 0 Å². The highest BCUT2D eigenvalue weighted by molar-refractivity contribution is 6.06. The lowest BCUT2D eigenvalue weighted by Crippen LogP contribution is -2.14. The van der Waals surface area contributed by atoms with Crippen molar-refractivity contribution in [2.24, 2.45) is 0 Å². The summed E-state index contributed by atoms with van der Waals surface area (Å²) in [6.45, 7) is 3.89. The number of nitrogens with one attached hydrogen (secondary N) is 1. The Morgan fingerprint density at radius 1 is 1.20 bits per heavy atom. The maximum atomic E-state index is 12.2. The van der Waals surface area contributed by atoms with E-state index in [9.17, 15) is 4.79 Å². The predicted octanol–water partition coefficient (Wildman–Crippen LogP) is 3.15. The average molecular weight is 270 g/mol. The molecule has 0 unspecified atom stereocenters. The van der Waals surface area contributed by atoms with Crippen molar-refractivity contribution in [2.75, 3.05) is 18.2 Å². The number of methoxy groups -OCH3 is 1. The van der Waals surface area contributed by atoms with Gasteiger partial charge in [-0.05, 0) is 49.2 Å². The van der Waals surface area contributed by atoms with Crippen molar-refractivity contribution in [3.63, 3.8) is 0 Å². The first-order chi connectivity index (χ1) is 9.51. The molecule has 2 aromatic rings. The lowest BCUT2D eigenvalue weighted by atomic mass is 10.1. The number of hydrogen-bond donors (Lipinski definition) is 2. The highest BCUT2D eigenvalue weighted by atomic mass is 16.5. The first-order valence-corrected chi connectivity index (χ1v) is 6.33. The number of nitrogen functional groups attached to an aromatic ring is 1. The summed E-state index contributed by atoms with van der Waals surface area (Å²) in [4.78, 5) is 12.2. The van der Waals surface area contributed by atoms with Crippen LogP contribution in [0.3, 0.4) is 0 Å². The van der Waals surface area contributed by atoms with Gasteiger partial charge in [0.25, 0.3) is 5.91 Å². The van der Waals surface area contributed by atoms with E-state index in [0.717, 1.165) is 11.1 Å². The molecule has 3 N–H and O–H groups in total. The summed E-state index contributed by atoms with van der Waals surface area (Å²) < 4.78 is 5.11. The van der Waals surface area contributed by atoms with Crippen LogP contribution < -0.4 is 15.8 Å². The monoisotopic (exact) mass is 270 g/mol. The van der Waals surface area contributed by atoms with Crippen LogP contribution in [0.1, 0.15) is 21.5 Å². The number of carbonyl (C=O) groups excluding carboxylic acids is 1. The predicted molar refractivity (Wildman–Crippen MR) is 81.3 cm³/mol. The topological polar surface area (TPSA) is 64.3 Å². The molecule has 0 saturated carbocycles. The zero-order chi connectivity index (χ0) is 14.7. The van der Waals surface area contributed by atoms with Gasteiger partial charge in [0.05, 0.1) is 18.5 Å². The van der Waals surface area contributed by atoms with Crippen LogP contribution in [0.25, 0.3) is 0 Å². The van der Waals surface area contributed by atoms with Gasteiger partial charge in [0.1, 0.15) is 5.75 Å². The van der Waals surface area contributed by atoms with E-state index in [1.54, 1.807) is 31.4 Å². The zero-order valence-corrected chi connectivity index (χ0v) is 11.9. The SMILES string of the molecule is COc1cccc(C(=O)Nc2c(C)cc(C)cc2N)c1. The molecule has 0 aliphatic carbocycles. The van der Waals surface area contributed by atoms with Gasteiger partial charge >= 0.3 is 0 Å². The van der Waals surface area contributed by atoms with E-state index in [0.29, 0.717) is 22.7 Å². The summed E-state index contributed by atoms with van der Waals surface area (Å²) >= 11 is 0. The molecule has 104 valence electrons. The fourth-order valence-electron chi connectivity index (χ4n) is 2.12. The van der Waals surface area contributed by atoms with Gasteiger partial charge in [0.2, 0.25) is 0 Å². The van der Waals surface area contributed by atoms with Crippen molar-refractivity contribution in [3.05, 3.63) is 53.1 Å².